The molecule has 0 aliphatic carbocycles. The van der Waals surface area contributed by atoms with E-state index in [0.29, 0.717) is 12.1 Å². The minimum absolute atomic E-state index is 0.142. The van der Waals surface area contributed by atoms with E-state index in [1.54, 1.807) is 41.3 Å². The second-order valence-electron chi connectivity index (χ2n) is 3.61. The fourth-order valence-corrected chi connectivity index (χ4v) is 1.45. The lowest BCUT2D eigenvalue weighted by atomic mass is 10.2. The molecule has 0 aliphatic heterocycles. The smallest absolute Gasteiger partial charge is 0.241 e. The van der Waals surface area contributed by atoms with Gasteiger partial charge in [0.25, 0.3) is 0 Å². The Hall–Kier alpha value is -2.30. The number of nitrogens with zero attached hydrogens (tertiary/aromatic N) is 2. The van der Waals surface area contributed by atoms with Crippen molar-refractivity contribution in [1.29, 1.82) is 0 Å². The van der Waals surface area contributed by atoms with Gasteiger partial charge in [0, 0.05) is 24.5 Å². The molecule has 17 heavy (non-hydrogen) atoms. The number of rotatable bonds is 4. The molecule has 0 saturated carbocycles. The molecule has 5 heteroatoms. The fraction of sp³-hybridized carbons (Fsp3) is 0.167. The van der Waals surface area contributed by atoms with E-state index in [4.69, 9.17) is 0 Å². The molecule has 1 aromatic carbocycles. The van der Waals surface area contributed by atoms with Crippen molar-refractivity contribution in [2.24, 2.45) is 0 Å². The maximum absolute atomic E-state index is 11.5. The van der Waals surface area contributed by atoms with Gasteiger partial charge in [0.1, 0.15) is 12.3 Å². The maximum Gasteiger partial charge on any atom is 0.241 e. The summed E-state index contributed by atoms with van der Waals surface area (Å²) in [5.41, 5.74) is 0.696. The first-order valence-corrected chi connectivity index (χ1v) is 5.27. The van der Waals surface area contributed by atoms with Crippen molar-refractivity contribution >= 4 is 5.91 Å². The van der Waals surface area contributed by atoms with Crippen LogP contribution in [-0.2, 0) is 17.9 Å². The number of nitrogens with one attached hydrogen (secondary N) is 1. The average Bonchev–Trinajstić information content (AvgIpc) is 2.81. The first kappa shape index (κ1) is 11.2. The second kappa shape index (κ2) is 5.16. The molecule has 0 fully saturated rings. The highest BCUT2D eigenvalue weighted by Gasteiger charge is 2.04. The van der Waals surface area contributed by atoms with Gasteiger partial charge in [0.15, 0.2) is 0 Å². The topological polar surface area (TPSA) is 67.2 Å². The molecule has 0 bridgehead atoms. The Morgan fingerprint density at radius 2 is 2.18 bits per heavy atom. The third kappa shape index (κ3) is 3.07. The SMILES string of the molecule is O=C(Cn1cccn1)NCc1ccccc1O. The Morgan fingerprint density at radius 1 is 1.35 bits per heavy atom. The predicted molar refractivity (Wildman–Crippen MR) is 62.2 cm³/mol. The number of phenolic OH excluding ortho intramolecular Hbond substituents is 1. The molecular weight excluding hydrogens is 218 g/mol. The number of benzene rings is 1. The average molecular weight is 231 g/mol. The molecule has 5 nitrogen and oxygen atoms in total. The minimum atomic E-state index is -0.142. The van der Waals surface area contributed by atoms with Gasteiger partial charge < -0.3 is 10.4 Å². The van der Waals surface area contributed by atoms with E-state index in [1.807, 2.05) is 6.07 Å². The highest BCUT2D eigenvalue weighted by Crippen LogP contribution is 2.14. The van der Waals surface area contributed by atoms with Crippen molar-refractivity contribution in [1.82, 2.24) is 15.1 Å². The molecule has 1 heterocycles. The molecule has 2 aromatic rings. The zero-order chi connectivity index (χ0) is 12.1. The summed E-state index contributed by atoms with van der Waals surface area (Å²) in [4.78, 5) is 11.5. The molecule has 2 rings (SSSR count). The maximum atomic E-state index is 11.5. The normalized spacial score (nSPS) is 10.1. The molecule has 0 radical (unpaired) electrons. The van der Waals surface area contributed by atoms with E-state index in [-0.39, 0.29) is 18.2 Å². The number of carbonyl (C=O) groups excluding carboxylic acids is 1. The Bertz CT molecular complexity index is 494. The van der Waals surface area contributed by atoms with E-state index in [9.17, 15) is 9.90 Å². The van der Waals surface area contributed by atoms with E-state index < -0.39 is 0 Å². The highest BCUT2D eigenvalue weighted by molar-refractivity contribution is 5.75. The highest BCUT2D eigenvalue weighted by atomic mass is 16.3. The second-order valence-corrected chi connectivity index (χ2v) is 3.61. The Morgan fingerprint density at radius 3 is 2.88 bits per heavy atom. The van der Waals surface area contributed by atoms with Crippen molar-refractivity contribution in [3.8, 4) is 5.75 Å². The lowest BCUT2D eigenvalue weighted by molar-refractivity contribution is -0.122. The number of hydrogen-bond donors (Lipinski definition) is 2. The van der Waals surface area contributed by atoms with Crippen LogP contribution in [0, 0.1) is 0 Å². The molecule has 1 aromatic heterocycles. The summed E-state index contributed by atoms with van der Waals surface area (Å²) >= 11 is 0. The standard InChI is InChI=1S/C12H13N3O2/c16-11-5-2-1-4-10(11)8-13-12(17)9-15-7-3-6-14-15/h1-7,16H,8-9H2,(H,13,17). The van der Waals surface area contributed by atoms with Gasteiger partial charge in [0.05, 0.1) is 0 Å². The monoisotopic (exact) mass is 231 g/mol. The summed E-state index contributed by atoms with van der Waals surface area (Å²) in [5.74, 6) is 0.0452. The molecule has 0 spiro atoms. The van der Waals surface area contributed by atoms with Gasteiger partial charge >= 0.3 is 0 Å². The largest absolute Gasteiger partial charge is 0.508 e. The van der Waals surface area contributed by atoms with E-state index >= 15 is 0 Å². The zero-order valence-corrected chi connectivity index (χ0v) is 9.21. The summed E-state index contributed by atoms with van der Waals surface area (Å²) in [7, 11) is 0. The number of aromatic nitrogens is 2. The van der Waals surface area contributed by atoms with Crippen LogP contribution in [0.3, 0.4) is 0 Å². The van der Waals surface area contributed by atoms with Gasteiger partial charge in [0.2, 0.25) is 5.91 Å². The minimum Gasteiger partial charge on any atom is -0.508 e. The number of carbonyl (C=O) groups is 1. The quantitative estimate of drug-likeness (QED) is 0.821. The summed E-state index contributed by atoms with van der Waals surface area (Å²) in [6.07, 6.45) is 3.34. The number of aromatic hydroxyl groups is 1. The first-order chi connectivity index (χ1) is 8.25. The summed E-state index contributed by atoms with van der Waals surface area (Å²) in [6, 6.07) is 8.67. The summed E-state index contributed by atoms with van der Waals surface area (Å²) in [6.45, 7) is 0.493. The van der Waals surface area contributed by atoms with Gasteiger partial charge in [-0.3, -0.25) is 9.48 Å². The third-order valence-corrected chi connectivity index (χ3v) is 2.33. The first-order valence-electron chi connectivity index (χ1n) is 5.27. The molecule has 88 valence electrons. The van der Waals surface area contributed by atoms with Crippen LogP contribution in [0.2, 0.25) is 0 Å². The molecule has 1 amide bonds. The van der Waals surface area contributed by atoms with Gasteiger partial charge in [-0.15, -0.1) is 0 Å². The van der Waals surface area contributed by atoms with Crippen LogP contribution >= 0.6 is 0 Å². The predicted octanol–water partition coefficient (Wildman–Crippen LogP) is 0.905. The van der Waals surface area contributed by atoms with E-state index in [0.717, 1.165) is 0 Å². The Labute approximate surface area is 98.7 Å². The van der Waals surface area contributed by atoms with Gasteiger partial charge in [-0.05, 0) is 12.1 Å². The number of para-hydroxylation sites is 1. The Kier molecular flexibility index (Phi) is 3.40. The molecule has 2 N–H and O–H groups in total. The van der Waals surface area contributed by atoms with Crippen LogP contribution in [0.15, 0.2) is 42.7 Å². The van der Waals surface area contributed by atoms with Crippen LogP contribution < -0.4 is 5.32 Å². The van der Waals surface area contributed by atoms with E-state index in [2.05, 4.69) is 10.4 Å². The Balaban J connectivity index is 1.86. The number of phenols is 1. The van der Waals surface area contributed by atoms with Crippen molar-refractivity contribution in [2.75, 3.05) is 0 Å². The lowest BCUT2D eigenvalue weighted by Gasteiger charge is -2.06. The van der Waals surface area contributed by atoms with Crippen LogP contribution in [-0.4, -0.2) is 20.8 Å². The van der Waals surface area contributed by atoms with Gasteiger partial charge in [-0.1, -0.05) is 18.2 Å². The summed E-state index contributed by atoms with van der Waals surface area (Å²) < 4.78 is 1.54. The van der Waals surface area contributed by atoms with Crippen molar-refractivity contribution in [2.45, 2.75) is 13.1 Å². The van der Waals surface area contributed by atoms with Gasteiger partial charge in [-0.25, -0.2) is 0 Å². The van der Waals surface area contributed by atoms with Crippen LogP contribution in [0.5, 0.6) is 5.75 Å². The number of amides is 1. The van der Waals surface area contributed by atoms with Crippen molar-refractivity contribution in [3.63, 3.8) is 0 Å². The van der Waals surface area contributed by atoms with E-state index in [1.165, 1.54) is 0 Å². The molecule has 0 aliphatic rings. The lowest BCUT2D eigenvalue weighted by Crippen LogP contribution is -2.27. The number of hydrogen-bond acceptors (Lipinski definition) is 3. The molecule has 0 saturated heterocycles. The van der Waals surface area contributed by atoms with Crippen LogP contribution in [0.1, 0.15) is 5.56 Å². The molecule has 0 unspecified atom stereocenters. The van der Waals surface area contributed by atoms with Gasteiger partial charge in [-0.2, -0.15) is 5.10 Å². The zero-order valence-electron chi connectivity index (χ0n) is 9.21. The van der Waals surface area contributed by atoms with Crippen LogP contribution in [0.4, 0.5) is 0 Å². The third-order valence-electron chi connectivity index (χ3n) is 2.33. The fourth-order valence-electron chi connectivity index (χ4n) is 1.45. The van der Waals surface area contributed by atoms with Crippen molar-refractivity contribution in [3.05, 3.63) is 48.3 Å². The molecular formula is C12H13N3O2. The summed E-state index contributed by atoms with van der Waals surface area (Å²) in [5, 5.41) is 16.2. The van der Waals surface area contributed by atoms with Crippen molar-refractivity contribution < 1.29 is 9.90 Å². The van der Waals surface area contributed by atoms with Crippen LogP contribution in [0.25, 0.3) is 0 Å². The molecule has 0 atom stereocenters.